The summed E-state index contributed by atoms with van der Waals surface area (Å²) < 4.78 is 5.14. The Labute approximate surface area is 160 Å². The number of carbonyl (C=O) groups excluding carboxylic acids is 1. The van der Waals surface area contributed by atoms with Crippen molar-refractivity contribution >= 4 is 23.7 Å². The number of hydrogen-bond acceptors (Lipinski definition) is 5. The van der Waals surface area contributed by atoms with Gasteiger partial charge in [-0.3, -0.25) is 10.2 Å². The maximum Gasteiger partial charge on any atom is 0.335 e. The van der Waals surface area contributed by atoms with Gasteiger partial charge in [0.1, 0.15) is 17.6 Å². The summed E-state index contributed by atoms with van der Waals surface area (Å²) in [5.41, 5.74) is 6.45. The number of nitrogens with one attached hydrogen (secondary N) is 2. The van der Waals surface area contributed by atoms with E-state index < -0.39 is 23.9 Å². The van der Waals surface area contributed by atoms with Gasteiger partial charge in [-0.15, -0.1) is 0 Å². The molecule has 146 valence electrons. The Bertz CT molecular complexity index is 924. The van der Waals surface area contributed by atoms with Crippen LogP contribution >= 0.6 is 0 Å². The summed E-state index contributed by atoms with van der Waals surface area (Å²) >= 11 is 0. The van der Waals surface area contributed by atoms with E-state index in [9.17, 15) is 19.5 Å². The molecule has 1 amide bonds. The number of ether oxygens (including phenoxy) is 1. The van der Waals surface area contributed by atoms with Crippen LogP contribution in [0.2, 0.25) is 0 Å². The SMILES string of the molecule is COc1cc(C(=O)O)ccc1C[C@@H](NC(=O)c1ccc(C(=N)N)cc1)C(=O)O. The molecule has 0 aliphatic rings. The van der Waals surface area contributed by atoms with Crippen molar-refractivity contribution in [2.24, 2.45) is 5.73 Å². The van der Waals surface area contributed by atoms with Crippen LogP contribution in [-0.2, 0) is 11.2 Å². The Kier molecular flexibility index (Phi) is 6.33. The molecule has 0 aliphatic heterocycles. The van der Waals surface area contributed by atoms with Crippen molar-refractivity contribution in [1.82, 2.24) is 5.32 Å². The zero-order valence-electron chi connectivity index (χ0n) is 14.9. The largest absolute Gasteiger partial charge is 0.496 e. The molecular formula is C19H19N3O6. The molecule has 0 aliphatic carbocycles. The molecule has 0 saturated carbocycles. The minimum Gasteiger partial charge on any atom is -0.496 e. The Hall–Kier alpha value is -3.88. The number of carboxylic acid groups (broad SMARTS) is 2. The molecule has 6 N–H and O–H groups in total. The van der Waals surface area contributed by atoms with Crippen molar-refractivity contribution < 1.29 is 29.3 Å². The van der Waals surface area contributed by atoms with Crippen LogP contribution in [0, 0.1) is 5.41 Å². The van der Waals surface area contributed by atoms with Gasteiger partial charge in [-0.25, -0.2) is 9.59 Å². The Morgan fingerprint density at radius 1 is 1.07 bits per heavy atom. The van der Waals surface area contributed by atoms with Gasteiger partial charge >= 0.3 is 11.9 Å². The quantitative estimate of drug-likeness (QED) is 0.335. The lowest BCUT2D eigenvalue weighted by molar-refractivity contribution is -0.139. The second-order valence-corrected chi connectivity index (χ2v) is 5.89. The number of aromatic carboxylic acids is 1. The summed E-state index contributed by atoms with van der Waals surface area (Å²) in [6.07, 6.45) is -0.102. The maximum atomic E-state index is 12.4. The number of benzene rings is 2. The molecule has 0 fully saturated rings. The molecule has 0 bridgehead atoms. The zero-order chi connectivity index (χ0) is 20.8. The summed E-state index contributed by atoms with van der Waals surface area (Å²) in [5, 5.41) is 28.3. The van der Waals surface area contributed by atoms with Gasteiger partial charge in [-0.1, -0.05) is 18.2 Å². The van der Waals surface area contributed by atoms with Gasteiger partial charge in [0, 0.05) is 17.5 Å². The standard InChI is InChI=1S/C19H19N3O6/c1-28-15-9-13(18(24)25)7-6-12(15)8-14(19(26)27)22-17(23)11-4-2-10(3-5-11)16(20)21/h2-7,9,14H,8H2,1H3,(H3,20,21)(H,22,23)(H,24,25)(H,26,27)/t14-/m1/s1. The van der Waals surface area contributed by atoms with E-state index in [0.29, 0.717) is 11.1 Å². The molecular weight excluding hydrogens is 366 g/mol. The third-order valence-electron chi connectivity index (χ3n) is 4.02. The number of carboxylic acids is 2. The number of methoxy groups -OCH3 is 1. The van der Waals surface area contributed by atoms with Crippen LogP contribution in [0.4, 0.5) is 0 Å². The molecule has 0 radical (unpaired) electrons. The third-order valence-corrected chi connectivity index (χ3v) is 4.02. The highest BCUT2D eigenvalue weighted by atomic mass is 16.5. The number of carbonyl (C=O) groups is 3. The molecule has 0 saturated heterocycles. The number of nitrogen functional groups attached to an aromatic ring is 1. The summed E-state index contributed by atoms with van der Waals surface area (Å²) in [4.78, 5) is 35.0. The van der Waals surface area contributed by atoms with Gasteiger partial charge in [-0.2, -0.15) is 0 Å². The molecule has 9 nitrogen and oxygen atoms in total. The highest BCUT2D eigenvalue weighted by Gasteiger charge is 2.23. The van der Waals surface area contributed by atoms with Crippen molar-refractivity contribution in [3.8, 4) is 5.75 Å². The van der Waals surface area contributed by atoms with Gasteiger partial charge in [0.2, 0.25) is 0 Å². The van der Waals surface area contributed by atoms with Crippen LogP contribution in [0.15, 0.2) is 42.5 Å². The smallest absolute Gasteiger partial charge is 0.335 e. The molecule has 2 rings (SSSR count). The monoisotopic (exact) mass is 385 g/mol. The van der Waals surface area contributed by atoms with Gasteiger partial charge < -0.3 is 26.0 Å². The Balaban J connectivity index is 2.19. The van der Waals surface area contributed by atoms with Gasteiger partial charge in [0.25, 0.3) is 5.91 Å². The predicted octanol–water partition coefficient (Wildman–Crippen LogP) is 1.10. The lowest BCUT2D eigenvalue weighted by atomic mass is 10.0. The fourth-order valence-corrected chi connectivity index (χ4v) is 2.51. The van der Waals surface area contributed by atoms with E-state index in [1.54, 1.807) is 0 Å². The molecule has 28 heavy (non-hydrogen) atoms. The number of hydrogen-bond donors (Lipinski definition) is 5. The average molecular weight is 385 g/mol. The lowest BCUT2D eigenvalue weighted by Gasteiger charge is -2.17. The maximum absolute atomic E-state index is 12.4. The fraction of sp³-hybridized carbons (Fsp3) is 0.158. The molecule has 2 aromatic rings. The molecule has 0 heterocycles. The van der Waals surface area contributed by atoms with Crippen LogP contribution in [0.1, 0.15) is 31.8 Å². The highest BCUT2D eigenvalue weighted by molar-refractivity contribution is 5.99. The predicted molar refractivity (Wildman–Crippen MR) is 100 cm³/mol. The van der Waals surface area contributed by atoms with Crippen LogP contribution in [0.5, 0.6) is 5.75 Å². The average Bonchev–Trinajstić information content (AvgIpc) is 2.67. The summed E-state index contributed by atoms with van der Waals surface area (Å²) in [6.45, 7) is 0. The van der Waals surface area contributed by atoms with Crippen LogP contribution < -0.4 is 15.8 Å². The van der Waals surface area contributed by atoms with E-state index in [2.05, 4.69) is 5.32 Å². The number of aliphatic carboxylic acids is 1. The molecule has 0 aromatic heterocycles. The summed E-state index contributed by atoms with van der Waals surface area (Å²) in [7, 11) is 1.34. The van der Waals surface area contributed by atoms with E-state index in [-0.39, 0.29) is 29.1 Å². The first-order valence-electron chi connectivity index (χ1n) is 8.11. The fourth-order valence-electron chi connectivity index (χ4n) is 2.51. The Morgan fingerprint density at radius 2 is 1.64 bits per heavy atom. The van der Waals surface area contributed by atoms with Crippen LogP contribution in [-0.4, -0.2) is 47.0 Å². The Morgan fingerprint density at radius 3 is 2.14 bits per heavy atom. The zero-order valence-corrected chi connectivity index (χ0v) is 14.9. The third kappa shape index (κ3) is 4.85. The second-order valence-electron chi connectivity index (χ2n) is 5.89. The van der Waals surface area contributed by atoms with Crippen molar-refractivity contribution in [1.29, 1.82) is 5.41 Å². The van der Waals surface area contributed by atoms with Gasteiger partial charge in [0.05, 0.1) is 12.7 Å². The number of rotatable bonds is 8. The van der Waals surface area contributed by atoms with E-state index in [1.165, 1.54) is 49.6 Å². The summed E-state index contributed by atoms with van der Waals surface area (Å²) in [5.74, 6) is -2.93. The first-order valence-corrected chi connectivity index (χ1v) is 8.11. The van der Waals surface area contributed by atoms with Crippen molar-refractivity contribution in [2.75, 3.05) is 7.11 Å². The molecule has 2 aromatic carbocycles. The van der Waals surface area contributed by atoms with E-state index in [0.717, 1.165) is 0 Å². The van der Waals surface area contributed by atoms with Crippen molar-refractivity contribution in [3.63, 3.8) is 0 Å². The second kappa shape index (κ2) is 8.67. The van der Waals surface area contributed by atoms with Crippen LogP contribution in [0.3, 0.4) is 0 Å². The molecule has 0 unspecified atom stereocenters. The first-order chi connectivity index (χ1) is 13.2. The van der Waals surface area contributed by atoms with Crippen molar-refractivity contribution in [2.45, 2.75) is 12.5 Å². The minimum absolute atomic E-state index is 0.00192. The van der Waals surface area contributed by atoms with Crippen molar-refractivity contribution in [3.05, 3.63) is 64.7 Å². The number of amidine groups is 1. The van der Waals surface area contributed by atoms with Gasteiger partial charge in [0.15, 0.2) is 0 Å². The topological polar surface area (TPSA) is 163 Å². The van der Waals surface area contributed by atoms with Crippen LogP contribution in [0.25, 0.3) is 0 Å². The minimum atomic E-state index is -1.26. The number of nitrogens with two attached hydrogens (primary N) is 1. The molecule has 9 heteroatoms. The molecule has 0 spiro atoms. The molecule has 1 atom stereocenters. The highest BCUT2D eigenvalue weighted by Crippen LogP contribution is 2.22. The van der Waals surface area contributed by atoms with Gasteiger partial charge in [-0.05, 0) is 29.8 Å². The van der Waals surface area contributed by atoms with E-state index in [4.69, 9.17) is 21.0 Å². The van der Waals surface area contributed by atoms with E-state index in [1.807, 2.05) is 0 Å². The summed E-state index contributed by atoms with van der Waals surface area (Å²) in [6, 6.07) is 8.67. The lowest BCUT2D eigenvalue weighted by Crippen LogP contribution is -2.42. The normalized spacial score (nSPS) is 11.3. The first kappa shape index (κ1) is 20.4. The van der Waals surface area contributed by atoms with E-state index >= 15 is 0 Å². The number of amides is 1.